The van der Waals surface area contributed by atoms with Crippen LogP contribution >= 0.6 is 11.3 Å². The molecule has 1 heterocycles. The summed E-state index contributed by atoms with van der Waals surface area (Å²) in [7, 11) is 0. The van der Waals surface area contributed by atoms with E-state index in [1.165, 1.54) is 4.88 Å². The fourth-order valence-corrected chi connectivity index (χ4v) is 3.23. The highest BCUT2D eigenvalue weighted by atomic mass is 32.1. The quantitative estimate of drug-likeness (QED) is 0.403. The topological polar surface area (TPSA) is 90.4 Å². The van der Waals surface area contributed by atoms with Crippen molar-refractivity contribution < 1.29 is 4.79 Å². The Balaban J connectivity index is 1.84. The first-order valence-electron chi connectivity index (χ1n) is 9.56. The number of anilines is 1. The van der Waals surface area contributed by atoms with Crippen molar-refractivity contribution in [2.24, 2.45) is 4.99 Å². The van der Waals surface area contributed by atoms with Crippen LogP contribution in [0.5, 0.6) is 0 Å². The summed E-state index contributed by atoms with van der Waals surface area (Å²) in [5.74, 6) is 0.786. The molecule has 0 atom stereocenters. The van der Waals surface area contributed by atoms with E-state index in [-0.39, 0.29) is 12.1 Å². The Morgan fingerprint density at radius 1 is 1.21 bits per heavy atom. The first-order valence-corrected chi connectivity index (χ1v) is 10.4. The van der Waals surface area contributed by atoms with E-state index in [4.69, 9.17) is 0 Å². The van der Waals surface area contributed by atoms with Gasteiger partial charge in [-0.15, -0.1) is 11.3 Å². The van der Waals surface area contributed by atoms with Crippen LogP contribution in [0.2, 0.25) is 0 Å². The van der Waals surface area contributed by atoms with Gasteiger partial charge in [-0.1, -0.05) is 12.1 Å². The van der Waals surface area contributed by atoms with Crippen LogP contribution in [-0.2, 0) is 13.0 Å². The molecule has 2 aromatic rings. The number of thiazole rings is 1. The molecule has 28 heavy (non-hydrogen) atoms. The van der Waals surface area contributed by atoms with Crippen LogP contribution in [0.25, 0.3) is 0 Å². The van der Waals surface area contributed by atoms with Gasteiger partial charge in [0.2, 0.25) is 0 Å². The van der Waals surface area contributed by atoms with Gasteiger partial charge in [0.1, 0.15) is 0 Å². The molecule has 0 aliphatic heterocycles. The second kappa shape index (κ2) is 11.3. The molecular weight excluding hydrogens is 372 g/mol. The summed E-state index contributed by atoms with van der Waals surface area (Å²) in [6, 6.07) is 7.61. The molecule has 0 unspecified atom stereocenters. The summed E-state index contributed by atoms with van der Waals surface area (Å²) in [6.07, 6.45) is 2.78. The lowest BCUT2D eigenvalue weighted by molar-refractivity contribution is 0.250. The summed E-state index contributed by atoms with van der Waals surface area (Å²) < 4.78 is 0. The maximum absolute atomic E-state index is 11.7. The predicted octanol–water partition coefficient (Wildman–Crippen LogP) is 3.28. The minimum atomic E-state index is -0.199. The second-order valence-electron chi connectivity index (χ2n) is 6.69. The van der Waals surface area contributed by atoms with Gasteiger partial charge in [-0.05, 0) is 45.4 Å². The first-order chi connectivity index (χ1) is 13.5. The molecule has 0 radical (unpaired) electrons. The largest absolute Gasteiger partial charge is 0.357 e. The predicted molar refractivity (Wildman–Crippen MR) is 117 cm³/mol. The van der Waals surface area contributed by atoms with Gasteiger partial charge in [-0.25, -0.2) is 14.8 Å². The lowest BCUT2D eigenvalue weighted by atomic mass is 10.2. The van der Waals surface area contributed by atoms with Crippen molar-refractivity contribution in [3.05, 3.63) is 45.9 Å². The van der Waals surface area contributed by atoms with Crippen LogP contribution in [0.3, 0.4) is 0 Å². The number of aromatic nitrogens is 1. The van der Waals surface area contributed by atoms with E-state index in [0.29, 0.717) is 6.54 Å². The van der Waals surface area contributed by atoms with E-state index >= 15 is 0 Å². The average molecular weight is 403 g/mol. The van der Waals surface area contributed by atoms with Gasteiger partial charge in [0.05, 0.1) is 11.6 Å². The third kappa shape index (κ3) is 7.96. The van der Waals surface area contributed by atoms with Gasteiger partial charge >= 0.3 is 6.03 Å². The molecule has 2 amide bonds. The maximum Gasteiger partial charge on any atom is 0.319 e. The number of aliphatic imine (C=N–C) groups is 1. The minimum Gasteiger partial charge on any atom is -0.357 e. The Morgan fingerprint density at radius 3 is 2.57 bits per heavy atom. The number of rotatable bonds is 8. The normalized spacial score (nSPS) is 11.4. The molecule has 152 valence electrons. The number of urea groups is 1. The zero-order valence-electron chi connectivity index (χ0n) is 17.0. The summed E-state index contributed by atoms with van der Waals surface area (Å²) in [4.78, 5) is 22.0. The van der Waals surface area contributed by atoms with Crippen LogP contribution in [0.4, 0.5) is 10.5 Å². The lowest BCUT2D eigenvalue weighted by Gasteiger charge is -2.11. The molecule has 7 nitrogen and oxygen atoms in total. The van der Waals surface area contributed by atoms with Crippen LogP contribution in [0.1, 0.15) is 36.2 Å². The summed E-state index contributed by atoms with van der Waals surface area (Å²) in [6.45, 7) is 10.1. The second-order valence-corrected chi connectivity index (χ2v) is 8.01. The lowest BCUT2D eigenvalue weighted by Crippen LogP contribution is -2.38. The van der Waals surface area contributed by atoms with Crippen LogP contribution in [-0.4, -0.2) is 36.1 Å². The standard InChI is InChI=1S/C20H30N6OS/c1-5-21-19(22-11-10-18-23-12-15(4)28-18)24-13-16-6-8-17(9-7-16)26-20(27)25-14(2)3/h6-9,12,14H,5,10-11,13H2,1-4H3,(H2,21,22,24)(H2,25,26,27). The molecular formula is C20H30N6OS. The van der Waals surface area contributed by atoms with Gasteiger partial charge in [0.25, 0.3) is 0 Å². The third-order valence-corrected chi connectivity index (χ3v) is 4.67. The van der Waals surface area contributed by atoms with Crippen LogP contribution < -0.4 is 21.3 Å². The van der Waals surface area contributed by atoms with Crippen molar-refractivity contribution in [2.45, 2.75) is 46.7 Å². The molecule has 0 aliphatic carbocycles. The number of hydrogen-bond acceptors (Lipinski definition) is 4. The van der Waals surface area contributed by atoms with Gasteiger partial charge in [-0.3, -0.25) is 0 Å². The zero-order chi connectivity index (χ0) is 20.4. The molecule has 0 aliphatic rings. The van der Waals surface area contributed by atoms with Crippen LogP contribution in [0.15, 0.2) is 35.5 Å². The third-order valence-electron chi connectivity index (χ3n) is 3.70. The van der Waals surface area contributed by atoms with E-state index in [2.05, 4.69) is 38.2 Å². The summed E-state index contributed by atoms with van der Waals surface area (Å²) >= 11 is 1.73. The monoisotopic (exact) mass is 402 g/mol. The number of aryl methyl sites for hydroxylation is 1. The fraction of sp³-hybridized carbons (Fsp3) is 0.450. The highest BCUT2D eigenvalue weighted by molar-refractivity contribution is 7.11. The summed E-state index contributed by atoms with van der Waals surface area (Å²) in [5.41, 5.74) is 1.83. The van der Waals surface area contributed by atoms with Gasteiger partial charge in [0, 0.05) is 42.3 Å². The van der Waals surface area contributed by atoms with Crippen LogP contribution in [0, 0.1) is 6.92 Å². The van der Waals surface area contributed by atoms with E-state index in [1.807, 2.05) is 51.2 Å². The Kier molecular flexibility index (Phi) is 8.74. The van der Waals surface area contributed by atoms with Crippen molar-refractivity contribution in [1.29, 1.82) is 0 Å². The number of benzene rings is 1. The van der Waals surface area contributed by atoms with E-state index in [1.54, 1.807) is 11.3 Å². The number of carbonyl (C=O) groups is 1. The molecule has 4 N–H and O–H groups in total. The SMILES string of the molecule is CCNC(=NCc1ccc(NC(=O)NC(C)C)cc1)NCCc1ncc(C)s1. The molecule has 0 spiro atoms. The van der Waals surface area contributed by atoms with Gasteiger partial charge in [-0.2, -0.15) is 0 Å². The molecule has 0 fully saturated rings. The number of guanidine groups is 1. The maximum atomic E-state index is 11.7. The highest BCUT2D eigenvalue weighted by Crippen LogP contribution is 2.11. The molecule has 1 aromatic carbocycles. The van der Waals surface area contributed by atoms with Gasteiger partial charge in [0.15, 0.2) is 5.96 Å². The number of carbonyl (C=O) groups excluding carboxylic acids is 1. The number of hydrogen-bond donors (Lipinski definition) is 4. The van der Waals surface area contributed by atoms with Crippen molar-refractivity contribution in [3.63, 3.8) is 0 Å². The number of amides is 2. The van der Waals surface area contributed by atoms with Crippen molar-refractivity contribution >= 4 is 29.0 Å². The Labute approximate surface area is 171 Å². The molecule has 1 aromatic heterocycles. The smallest absolute Gasteiger partial charge is 0.319 e. The fourth-order valence-electron chi connectivity index (χ4n) is 2.44. The number of nitrogens with zero attached hydrogens (tertiary/aromatic N) is 2. The molecule has 2 rings (SSSR count). The molecule has 0 saturated heterocycles. The highest BCUT2D eigenvalue weighted by Gasteiger charge is 2.04. The van der Waals surface area contributed by atoms with Crippen molar-refractivity contribution in [1.82, 2.24) is 20.9 Å². The Bertz CT molecular complexity index is 769. The van der Waals surface area contributed by atoms with Crippen molar-refractivity contribution in [2.75, 3.05) is 18.4 Å². The van der Waals surface area contributed by atoms with Crippen molar-refractivity contribution in [3.8, 4) is 0 Å². The van der Waals surface area contributed by atoms with Gasteiger partial charge < -0.3 is 21.3 Å². The zero-order valence-corrected chi connectivity index (χ0v) is 17.8. The van der Waals surface area contributed by atoms with E-state index in [9.17, 15) is 4.79 Å². The minimum absolute atomic E-state index is 0.102. The molecule has 0 saturated carbocycles. The number of nitrogens with one attached hydrogen (secondary N) is 4. The Morgan fingerprint density at radius 2 is 1.96 bits per heavy atom. The Hall–Kier alpha value is -2.61. The van der Waals surface area contributed by atoms with E-state index < -0.39 is 0 Å². The summed E-state index contributed by atoms with van der Waals surface area (Å²) in [5, 5.41) is 13.3. The van der Waals surface area contributed by atoms with E-state index in [0.717, 1.165) is 41.7 Å². The molecule has 0 bridgehead atoms. The average Bonchev–Trinajstić information content (AvgIpc) is 3.05. The first kappa shape index (κ1) is 21.7. The molecule has 8 heteroatoms.